The van der Waals surface area contributed by atoms with E-state index in [1.807, 2.05) is 6.92 Å². The SMILES string of the molecule is CCCCNC(=O)[C@H](CC)N(Cc1ccc(OC)cc1)C(=O)CN(c1ccccc1F)S(=O)(=O)c1ccccc1. The third-order valence-electron chi connectivity index (χ3n) is 6.46. The third kappa shape index (κ3) is 7.59. The monoisotopic (exact) mass is 569 g/mol. The van der Waals surface area contributed by atoms with E-state index in [9.17, 15) is 22.4 Å². The largest absolute Gasteiger partial charge is 0.497 e. The Labute approximate surface area is 235 Å². The zero-order valence-electron chi connectivity index (χ0n) is 23.0. The van der Waals surface area contributed by atoms with Crippen LogP contribution in [0.15, 0.2) is 83.8 Å². The van der Waals surface area contributed by atoms with E-state index in [1.165, 1.54) is 35.2 Å². The summed E-state index contributed by atoms with van der Waals surface area (Å²) >= 11 is 0. The van der Waals surface area contributed by atoms with E-state index in [2.05, 4.69) is 5.32 Å². The Bertz CT molecular complexity index is 1370. The number of amides is 2. The first-order valence-corrected chi connectivity index (χ1v) is 14.7. The zero-order valence-corrected chi connectivity index (χ0v) is 23.9. The van der Waals surface area contributed by atoms with Gasteiger partial charge in [0.2, 0.25) is 11.8 Å². The van der Waals surface area contributed by atoms with Gasteiger partial charge in [-0.05, 0) is 54.8 Å². The molecule has 0 unspecified atom stereocenters. The van der Waals surface area contributed by atoms with E-state index in [1.54, 1.807) is 56.5 Å². The number of halogens is 1. The summed E-state index contributed by atoms with van der Waals surface area (Å²) in [5.41, 5.74) is 0.460. The van der Waals surface area contributed by atoms with Gasteiger partial charge in [0.1, 0.15) is 24.2 Å². The van der Waals surface area contributed by atoms with Crippen LogP contribution in [-0.4, -0.2) is 51.4 Å². The van der Waals surface area contributed by atoms with Gasteiger partial charge in [-0.25, -0.2) is 12.8 Å². The number of carbonyl (C=O) groups excluding carboxylic acids is 2. The molecule has 0 aromatic heterocycles. The van der Waals surface area contributed by atoms with Crippen LogP contribution in [0.5, 0.6) is 5.75 Å². The highest BCUT2D eigenvalue weighted by Gasteiger charge is 2.34. The standard InChI is InChI=1S/C30H36FN3O5S/c1-4-6-20-32-30(36)27(5-2)33(21-23-16-18-24(39-3)19-17-23)29(35)22-34(28-15-11-10-14-26(28)31)40(37,38)25-12-8-7-9-13-25/h7-19,27H,4-6,20-22H2,1-3H3,(H,32,36)/t27-/m0/s1. The van der Waals surface area contributed by atoms with Crippen molar-refractivity contribution >= 4 is 27.5 Å². The summed E-state index contributed by atoms with van der Waals surface area (Å²) in [6, 6.07) is 19.1. The molecule has 40 heavy (non-hydrogen) atoms. The maximum Gasteiger partial charge on any atom is 0.264 e. The maximum absolute atomic E-state index is 15.0. The van der Waals surface area contributed by atoms with Gasteiger partial charge in [-0.15, -0.1) is 0 Å². The minimum atomic E-state index is -4.33. The second-order valence-corrected chi connectivity index (χ2v) is 11.1. The zero-order chi connectivity index (χ0) is 29.1. The lowest BCUT2D eigenvalue weighted by Crippen LogP contribution is -2.52. The Balaban J connectivity index is 2.03. The van der Waals surface area contributed by atoms with Crippen molar-refractivity contribution in [2.75, 3.05) is 24.5 Å². The molecule has 10 heteroatoms. The van der Waals surface area contributed by atoms with Gasteiger partial charge in [-0.1, -0.05) is 62.7 Å². The fraction of sp³-hybridized carbons (Fsp3) is 0.333. The summed E-state index contributed by atoms with van der Waals surface area (Å²) in [6.07, 6.45) is 1.97. The number of sulfonamides is 1. The molecular formula is C30H36FN3O5S. The van der Waals surface area contributed by atoms with Gasteiger partial charge in [0.05, 0.1) is 17.7 Å². The lowest BCUT2D eigenvalue weighted by Gasteiger charge is -2.33. The van der Waals surface area contributed by atoms with E-state index < -0.39 is 34.3 Å². The smallest absolute Gasteiger partial charge is 0.264 e. The van der Waals surface area contributed by atoms with Crippen LogP contribution < -0.4 is 14.4 Å². The van der Waals surface area contributed by atoms with Crippen LogP contribution in [0.3, 0.4) is 0 Å². The molecule has 0 aliphatic heterocycles. The highest BCUT2D eigenvalue weighted by Crippen LogP contribution is 2.27. The highest BCUT2D eigenvalue weighted by atomic mass is 32.2. The van der Waals surface area contributed by atoms with Crippen LogP contribution in [0.1, 0.15) is 38.7 Å². The molecule has 3 aromatic carbocycles. The van der Waals surface area contributed by atoms with Crippen molar-refractivity contribution in [1.29, 1.82) is 0 Å². The first-order valence-electron chi connectivity index (χ1n) is 13.2. The van der Waals surface area contributed by atoms with E-state index in [0.29, 0.717) is 18.7 Å². The van der Waals surface area contributed by atoms with Crippen molar-refractivity contribution in [2.45, 2.75) is 50.6 Å². The number of rotatable bonds is 14. The summed E-state index contributed by atoms with van der Waals surface area (Å²) in [7, 11) is -2.78. The third-order valence-corrected chi connectivity index (χ3v) is 8.23. The molecule has 0 aliphatic carbocycles. The van der Waals surface area contributed by atoms with Crippen molar-refractivity contribution in [3.63, 3.8) is 0 Å². The van der Waals surface area contributed by atoms with Gasteiger partial charge in [0.15, 0.2) is 0 Å². The molecular weight excluding hydrogens is 533 g/mol. The van der Waals surface area contributed by atoms with Crippen molar-refractivity contribution in [1.82, 2.24) is 10.2 Å². The Morgan fingerprint density at radius 2 is 1.60 bits per heavy atom. The van der Waals surface area contributed by atoms with Crippen molar-refractivity contribution in [3.05, 3.63) is 90.2 Å². The molecule has 0 fully saturated rings. The van der Waals surface area contributed by atoms with Crippen LogP contribution in [0.25, 0.3) is 0 Å². The number of hydrogen-bond donors (Lipinski definition) is 1. The second kappa shape index (κ2) is 14.5. The average molecular weight is 570 g/mol. The van der Waals surface area contributed by atoms with Crippen LogP contribution >= 0.6 is 0 Å². The van der Waals surface area contributed by atoms with Crippen LogP contribution in [0.2, 0.25) is 0 Å². The molecule has 3 rings (SSSR count). The molecule has 0 aliphatic rings. The van der Waals surface area contributed by atoms with Crippen LogP contribution in [0, 0.1) is 5.82 Å². The van der Waals surface area contributed by atoms with E-state index >= 15 is 0 Å². The molecule has 8 nitrogen and oxygen atoms in total. The number of nitrogens with zero attached hydrogens (tertiary/aromatic N) is 2. The van der Waals surface area contributed by atoms with Gasteiger partial charge in [0, 0.05) is 13.1 Å². The van der Waals surface area contributed by atoms with Crippen LogP contribution in [-0.2, 0) is 26.2 Å². The summed E-state index contributed by atoms with van der Waals surface area (Å²) in [6.45, 7) is 3.59. The molecule has 0 saturated heterocycles. The molecule has 0 radical (unpaired) electrons. The molecule has 0 spiro atoms. The second-order valence-electron chi connectivity index (χ2n) is 9.21. The molecule has 2 amide bonds. The Kier molecular flexibility index (Phi) is 11.1. The summed E-state index contributed by atoms with van der Waals surface area (Å²) in [5.74, 6) is -1.14. The number of nitrogens with one attached hydrogen (secondary N) is 1. The van der Waals surface area contributed by atoms with Crippen LogP contribution in [0.4, 0.5) is 10.1 Å². The number of anilines is 1. The Morgan fingerprint density at radius 3 is 2.20 bits per heavy atom. The topological polar surface area (TPSA) is 96.0 Å². The first-order chi connectivity index (χ1) is 19.2. The fourth-order valence-electron chi connectivity index (χ4n) is 4.24. The minimum absolute atomic E-state index is 0.0407. The van der Waals surface area contributed by atoms with Crippen molar-refractivity contribution in [3.8, 4) is 5.75 Å². The minimum Gasteiger partial charge on any atom is -0.497 e. The van der Waals surface area contributed by atoms with Gasteiger partial charge >= 0.3 is 0 Å². The highest BCUT2D eigenvalue weighted by molar-refractivity contribution is 7.92. The quantitative estimate of drug-likeness (QED) is 0.283. The molecule has 1 atom stereocenters. The van der Waals surface area contributed by atoms with Gasteiger partial charge in [-0.3, -0.25) is 13.9 Å². The first kappa shape index (κ1) is 30.6. The average Bonchev–Trinajstić information content (AvgIpc) is 2.97. The number of methoxy groups -OCH3 is 1. The Morgan fingerprint density at radius 1 is 0.950 bits per heavy atom. The molecule has 0 saturated carbocycles. The normalized spacial score (nSPS) is 11.9. The lowest BCUT2D eigenvalue weighted by molar-refractivity contribution is -0.140. The Hall–Kier alpha value is -3.92. The molecule has 1 N–H and O–H groups in total. The molecule has 214 valence electrons. The van der Waals surface area contributed by atoms with E-state index in [-0.39, 0.29) is 23.0 Å². The van der Waals surface area contributed by atoms with E-state index in [4.69, 9.17) is 4.74 Å². The van der Waals surface area contributed by atoms with Crippen molar-refractivity contribution < 1.29 is 27.1 Å². The number of carbonyl (C=O) groups is 2. The predicted octanol–water partition coefficient (Wildman–Crippen LogP) is 4.75. The number of ether oxygens (including phenoxy) is 1. The lowest BCUT2D eigenvalue weighted by atomic mass is 10.1. The fourth-order valence-corrected chi connectivity index (χ4v) is 5.68. The van der Waals surface area contributed by atoms with Gasteiger partial charge in [-0.2, -0.15) is 0 Å². The molecule has 3 aromatic rings. The maximum atomic E-state index is 15.0. The van der Waals surface area contributed by atoms with Gasteiger partial charge in [0.25, 0.3) is 10.0 Å². The predicted molar refractivity (Wildman–Crippen MR) is 153 cm³/mol. The molecule has 0 heterocycles. The number of unbranched alkanes of at least 4 members (excludes halogenated alkanes) is 1. The number of hydrogen-bond acceptors (Lipinski definition) is 5. The van der Waals surface area contributed by atoms with Crippen molar-refractivity contribution in [2.24, 2.45) is 0 Å². The summed E-state index contributed by atoms with van der Waals surface area (Å²) < 4.78 is 48.4. The van der Waals surface area contributed by atoms with Gasteiger partial charge < -0.3 is 15.0 Å². The number of para-hydroxylation sites is 1. The summed E-state index contributed by atoms with van der Waals surface area (Å²) in [4.78, 5) is 28.4. The molecule has 0 bridgehead atoms. The number of benzene rings is 3. The summed E-state index contributed by atoms with van der Waals surface area (Å²) in [5, 5.41) is 2.88. The van der Waals surface area contributed by atoms with E-state index in [0.717, 1.165) is 28.8 Å².